The maximum absolute atomic E-state index is 12.9. The Morgan fingerprint density at radius 3 is 2.04 bits per heavy atom. The molecule has 0 heterocycles. The molecule has 0 fully saturated rings. The van der Waals surface area contributed by atoms with Crippen molar-refractivity contribution in [2.75, 3.05) is 7.05 Å². The zero-order chi connectivity index (χ0) is 17.9. The summed E-state index contributed by atoms with van der Waals surface area (Å²) >= 11 is 0. The average Bonchev–Trinajstić information content (AvgIpc) is 2.55. The summed E-state index contributed by atoms with van der Waals surface area (Å²) in [5.41, 5.74) is 2.66. The van der Waals surface area contributed by atoms with Crippen LogP contribution in [0.1, 0.15) is 40.9 Å². The number of nitrogens with zero attached hydrogens (tertiary/aromatic N) is 1. The first-order valence-electron chi connectivity index (χ1n) is 7.87. The number of amides is 1. The Labute approximate surface area is 142 Å². The van der Waals surface area contributed by atoms with Gasteiger partial charge in [-0.05, 0) is 44.0 Å². The molecular formula is C20H23NO3. The van der Waals surface area contributed by atoms with E-state index in [-0.39, 0.29) is 11.5 Å². The van der Waals surface area contributed by atoms with Crippen LogP contribution in [0.3, 0.4) is 0 Å². The van der Waals surface area contributed by atoms with Crippen molar-refractivity contribution < 1.29 is 14.7 Å². The molecule has 0 unspecified atom stereocenters. The van der Waals surface area contributed by atoms with Gasteiger partial charge in [0.25, 0.3) is 0 Å². The third kappa shape index (κ3) is 3.82. The Bertz CT molecular complexity index is 730. The van der Waals surface area contributed by atoms with E-state index in [0.29, 0.717) is 6.54 Å². The summed E-state index contributed by atoms with van der Waals surface area (Å²) in [7, 11) is 1.77. The van der Waals surface area contributed by atoms with Gasteiger partial charge in [0.15, 0.2) is 0 Å². The van der Waals surface area contributed by atoms with Gasteiger partial charge >= 0.3 is 5.97 Å². The molecular weight excluding hydrogens is 302 g/mol. The molecule has 0 aliphatic carbocycles. The molecule has 1 amide bonds. The maximum Gasteiger partial charge on any atom is 0.335 e. The number of carbonyl (C=O) groups is 2. The van der Waals surface area contributed by atoms with E-state index in [2.05, 4.69) is 0 Å². The number of hydrogen-bond acceptors (Lipinski definition) is 2. The topological polar surface area (TPSA) is 57.6 Å². The zero-order valence-corrected chi connectivity index (χ0v) is 14.5. The molecule has 2 aromatic carbocycles. The second-order valence-electron chi connectivity index (χ2n) is 6.65. The van der Waals surface area contributed by atoms with Crippen LogP contribution < -0.4 is 0 Å². The highest BCUT2D eigenvalue weighted by Crippen LogP contribution is 2.26. The van der Waals surface area contributed by atoms with Crippen molar-refractivity contribution in [2.24, 2.45) is 0 Å². The van der Waals surface area contributed by atoms with Crippen LogP contribution in [0.4, 0.5) is 0 Å². The first-order chi connectivity index (χ1) is 11.2. The number of rotatable bonds is 5. The van der Waals surface area contributed by atoms with Gasteiger partial charge < -0.3 is 10.0 Å². The van der Waals surface area contributed by atoms with Crippen molar-refractivity contribution in [3.8, 4) is 0 Å². The van der Waals surface area contributed by atoms with Crippen molar-refractivity contribution >= 4 is 11.9 Å². The number of benzene rings is 2. The highest BCUT2D eigenvalue weighted by molar-refractivity contribution is 5.88. The van der Waals surface area contributed by atoms with Gasteiger partial charge in [0.1, 0.15) is 0 Å². The second kappa shape index (κ2) is 6.87. The highest BCUT2D eigenvalue weighted by atomic mass is 16.4. The number of carbonyl (C=O) groups excluding carboxylic acids is 1. The Morgan fingerprint density at radius 1 is 1.00 bits per heavy atom. The number of hydrogen-bond donors (Lipinski definition) is 1. The summed E-state index contributed by atoms with van der Waals surface area (Å²) in [6.07, 6.45) is 0. The molecule has 0 bridgehead atoms. The summed E-state index contributed by atoms with van der Waals surface area (Å²) in [5, 5.41) is 8.93. The lowest BCUT2D eigenvalue weighted by atomic mass is 9.83. The van der Waals surface area contributed by atoms with Crippen LogP contribution >= 0.6 is 0 Å². The Hall–Kier alpha value is -2.62. The van der Waals surface area contributed by atoms with E-state index in [4.69, 9.17) is 5.11 Å². The van der Waals surface area contributed by atoms with Crippen LogP contribution in [-0.4, -0.2) is 28.9 Å². The van der Waals surface area contributed by atoms with Crippen LogP contribution in [0.25, 0.3) is 0 Å². The smallest absolute Gasteiger partial charge is 0.335 e. The van der Waals surface area contributed by atoms with E-state index in [1.165, 1.54) is 0 Å². The fourth-order valence-corrected chi connectivity index (χ4v) is 2.67. The lowest BCUT2D eigenvalue weighted by Crippen LogP contribution is -2.41. The van der Waals surface area contributed by atoms with Gasteiger partial charge in [-0.2, -0.15) is 0 Å². The van der Waals surface area contributed by atoms with Crippen molar-refractivity contribution in [2.45, 2.75) is 32.7 Å². The number of aromatic carboxylic acids is 1. The lowest BCUT2D eigenvalue weighted by Gasteiger charge is -2.30. The van der Waals surface area contributed by atoms with E-state index in [0.717, 1.165) is 16.7 Å². The van der Waals surface area contributed by atoms with Gasteiger partial charge in [0, 0.05) is 13.6 Å². The third-order valence-corrected chi connectivity index (χ3v) is 4.28. The molecule has 24 heavy (non-hydrogen) atoms. The molecule has 0 aliphatic rings. The SMILES string of the molecule is Cc1ccc(C(C)(C)C(=O)N(C)Cc2ccc(C(=O)O)cc2)cc1. The molecule has 0 saturated carbocycles. The number of aryl methyl sites for hydroxylation is 1. The first-order valence-corrected chi connectivity index (χ1v) is 7.87. The normalized spacial score (nSPS) is 11.2. The molecule has 0 saturated heterocycles. The summed E-state index contributed by atoms with van der Waals surface area (Å²) in [6.45, 7) is 6.30. The Kier molecular flexibility index (Phi) is 5.07. The fourth-order valence-electron chi connectivity index (χ4n) is 2.67. The zero-order valence-electron chi connectivity index (χ0n) is 14.5. The lowest BCUT2D eigenvalue weighted by molar-refractivity contribution is -0.135. The molecule has 0 aromatic heterocycles. The van der Waals surface area contributed by atoms with Gasteiger partial charge in [-0.1, -0.05) is 42.0 Å². The quantitative estimate of drug-likeness (QED) is 0.913. The Morgan fingerprint density at radius 2 is 1.54 bits per heavy atom. The second-order valence-corrected chi connectivity index (χ2v) is 6.65. The van der Waals surface area contributed by atoms with Gasteiger partial charge in [0.2, 0.25) is 5.91 Å². The van der Waals surface area contributed by atoms with Gasteiger partial charge in [0.05, 0.1) is 11.0 Å². The van der Waals surface area contributed by atoms with E-state index in [9.17, 15) is 9.59 Å². The van der Waals surface area contributed by atoms with E-state index < -0.39 is 11.4 Å². The van der Waals surface area contributed by atoms with Gasteiger partial charge in [-0.15, -0.1) is 0 Å². The minimum Gasteiger partial charge on any atom is -0.478 e. The van der Waals surface area contributed by atoms with Crippen molar-refractivity contribution in [1.29, 1.82) is 0 Å². The van der Waals surface area contributed by atoms with Crippen LogP contribution in [-0.2, 0) is 16.8 Å². The van der Waals surface area contributed by atoms with Gasteiger partial charge in [-0.3, -0.25) is 4.79 Å². The monoisotopic (exact) mass is 325 g/mol. The van der Waals surface area contributed by atoms with Crippen molar-refractivity contribution in [3.63, 3.8) is 0 Å². The number of carboxylic acid groups (broad SMARTS) is 1. The number of carboxylic acids is 1. The van der Waals surface area contributed by atoms with Crippen LogP contribution in [0.5, 0.6) is 0 Å². The molecule has 126 valence electrons. The first kappa shape index (κ1) is 17.7. The maximum atomic E-state index is 12.9. The predicted molar refractivity (Wildman–Crippen MR) is 94.1 cm³/mol. The van der Waals surface area contributed by atoms with Crippen molar-refractivity contribution in [1.82, 2.24) is 4.90 Å². The van der Waals surface area contributed by atoms with Crippen LogP contribution in [0.2, 0.25) is 0 Å². The molecule has 2 rings (SSSR count). The van der Waals surface area contributed by atoms with Gasteiger partial charge in [-0.25, -0.2) is 4.79 Å². The fraction of sp³-hybridized carbons (Fsp3) is 0.300. The van der Waals surface area contributed by atoms with E-state index >= 15 is 0 Å². The predicted octanol–water partition coefficient (Wildman–Crippen LogP) is 3.63. The van der Waals surface area contributed by atoms with E-state index in [1.54, 1.807) is 36.2 Å². The summed E-state index contributed by atoms with van der Waals surface area (Å²) in [5.74, 6) is -0.930. The standard InChI is InChI=1S/C20H23NO3/c1-14-5-11-17(12-6-14)20(2,3)19(24)21(4)13-15-7-9-16(10-8-15)18(22)23/h5-12H,13H2,1-4H3,(H,22,23). The third-order valence-electron chi connectivity index (χ3n) is 4.28. The molecule has 0 aliphatic heterocycles. The molecule has 2 aromatic rings. The minimum atomic E-state index is -0.952. The number of likely N-dealkylation sites (N-methyl/N-ethyl adjacent to an activating group) is 1. The Balaban J connectivity index is 2.13. The van der Waals surface area contributed by atoms with Crippen LogP contribution in [0.15, 0.2) is 48.5 Å². The summed E-state index contributed by atoms with van der Waals surface area (Å²) in [4.78, 5) is 25.4. The summed E-state index contributed by atoms with van der Waals surface area (Å²) in [6, 6.07) is 14.6. The largest absolute Gasteiger partial charge is 0.478 e. The minimum absolute atomic E-state index is 0.0219. The van der Waals surface area contributed by atoms with Crippen LogP contribution in [0, 0.1) is 6.92 Å². The molecule has 0 radical (unpaired) electrons. The molecule has 0 atom stereocenters. The molecule has 0 spiro atoms. The summed E-state index contributed by atoms with van der Waals surface area (Å²) < 4.78 is 0. The molecule has 4 heteroatoms. The average molecular weight is 325 g/mol. The molecule has 1 N–H and O–H groups in total. The van der Waals surface area contributed by atoms with Crippen molar-refractivity contribution in [3.05, 3.63) is 70.8 Å². The highest BCUT2D eigenvalue weighted by Gasteiger charge is 2.32. The molecule has 4 nitrogen and oxygen atoms in total. The van der Waals surface area contributed by atoms with E-state index in [1.807, 2.05) is 45.0 Å².